The van der Waals surface area contributed by atoms with Gasteiger partial charge >= 0.3 is 0 Å². The molecule has 64 valence electrons. The highest BCUT2D eigenvalue weighted by Crippen LogP contribution is 2.24. The van der Waals surface area contributed by atoms with Crippen molar-refractivity contribution in [1.82, 2.24) is 9.80 Å². The number of hydrogen-bond acceptors (Lipinski definition) is 2. The summed E-state index contributed by atoms with van der Waals surface area (Å²) in [5.41, 5.74) is 0. The van der Waals surface area contributed by atoms with Crippen LogP contribution in [0.4, 0.5) is 0 Å². The minimum absolute atomic E-state index is 0.787. The van der Waals surface area contributed by atoms with Crippen LogP contribution in [-0.2, 0) is 0 Å². The lowest BCUT2D eigenvalue weighted by atomic mass is 9.99. The summed E-state index contributed by atoms with van der Waals surface area (Å²) in [4.78, 5) is 5.26. The van der Waals surface area contributed by atoms with Crippen molar-refractivity contribution in [1.29, 1.82) is 0 Å². The molecule has 3 heterocycles. The molecule has 0 amide bonds. The van der Waals surface area contributed by atoms with Gasteiger partial charge in [0.05, 0.1) is 0 Å². The fourth-order valence-corrected chi connectivity index (χ4v) is 2.54. The molecule has 0 N–H and O–H groups in total. The third-order valence-electron chi connectivity index (χ3n) is 3.23. The molecular formula is C9H18N2. The van der Waals surface area contributed by atoms with E-state index in [-0.39, 0.29) is 0 Å². The van der Waals surface area contributed by atoms with Crippen LogP contribution in [0.25, 0.3) is 0 Å². The van der Waals surface area contributed by atoms with Crippen LogP contribution in [0.5, 0.6) is 0 Å². The molecule has 2 nitrogen and oxygen atoms in total. The maximum atomic E-state index is 2.64. The minimum Gasteiger partial charge on any atom is -0.296 e. The molecule has 3 saturated heterocycles. The fourth-order valence-electron chi connectivity index (χ4n) is 2.54. The highest BCUT2D eigenvalue weighted by Gasteiger charge is 2.37. The topological polar surface area (TPSA) is 6.48 Å². The van der Waals surface area contributed by atoms with Gasteiger partial charge in [0.1, 0.15) is 0 Å². The van der Waals surface area contributed by atoms with E-state index in [1.165, 1.54) is 19.6 Å². The zero-order valence-electron chi connectivity index (χ0n) is 7.75. The molecule has 3 fully saturated rings. The molecule has 3 rings (SSSR count). The summed E-state index contributed by atoms with van der Waals surface area (Å²) in [7, 11) is 0. The van der Waals surface area contributed by atoms with E-state index < -0.39 is 0 Å². The van der Waals surface area contributed by atoms with E-state index >= 15 is 0 Å². The van der Waals surface area contributed by atoms with E-state index in [0.717, 1.165) is 18.1 Å². The van der Waals surface area contributed by atoms with E-state index in [1.807, 2.05) is 0 Å². The molecule has 3 aliphatic heterocycles. The van der Waals surface area contributed by atoms with Crippen LogP contribution in [-0.4, -0.2) is 47.6 Å². The highest BCUT2D eigenvalue weighted by molar-refractivity contribution is 4.94. The summed E-state index contributed by atoms with van der Waals surface area (Å²) in [6, 6.07) is 2.37. The monoisotopic (exact) mass is 154 g/mol. The lowest BCUT2D eigenvalue weighted by molar-refractivity contribution is -0.0512. The van der Waals surface area contributed by atoms with Crippen LogP contribution in [0, 0.1) is 0 Å². The van der Waals surface area contributed by atoms with Gasteiger partial charge in [-0.05, 0) is 20.8 Å². The van der Waals surface area contributed by atoms with Crippen molar-refractivity contribution in [3.05, 3.63) is 0 Å². The summed E-state index contributed by atoms with van der Waals surface area (Å²) in [5, 5.41) is 0. The molecule has 0 radical (unpaired) electrons. The van der Waals surface area contributed by atoms with Gasteiger partial charge in [0.15, 0.2) is 0 Å². The van der Waals surface area contributed by atoms with Gasteiger partial charge in [-0.25, -0.2) is 0 Å². The van der Waals surface area contributed by atoms with Crippen molar-refractivity contribution >= 4 is 0 Å². The summed E-state index contributed by atoms with van der Waals surface area (Å²) >= 11 is 0. The smallest absolute Gasteiger partial charge is 0.0199 e. The molecular weight excluding hydrogens is 136 g/mol. The van der Waals surface area contributed by atoms with Crippen molar-refractivity contribution < 1.29 is 0 Å². The molecule has 0 aliphatic carbocycles. The second kappa shape index (κ2) is 2.46. The Morgan fingerprint density at radius 1 is 0.818 bits per heavy atom. The Morgan fingerprint density at radius 2 is 1.36 bits per heavy atom. The Morgan fingerprint density at radius 3 is 1.73 bits per heavy atom. The third-order valence-corrected chi connectivity index (χ3v) is 3.23. The normalized spacial score (nSPS) is 56.5. The van der Waals surface area contributed by atoms with E-state index in [9.17, 15) is 0 Å². The van der Waals surface area contributed by atoms with Gasteiger partial charge in [0.25, 0.3) is 0 Å². The van der Waals surface area contributed by atoms with Crippen molar-refractivity contribution in [2.24, 2.45) is 0 Å². The largest absolute Gasteiger partial charge is 0.296 e. The van der Waals surface area contributed by atoms with Gasteiger partial charge in [-0.2, -0.15) is 0 Å². The van der Waals surface area contributed by atoms with Crippen molar-refractivity contribution in [2.45, 2.75) is 38.9 Å². The highest BCUT2D eigenvalue weighted by atomic mass is 15.4. The quantitative estimate of drug-likeness (QED) is 0.509. The van der Waals surface area contributed by atoms with E-state index in [0.29, 0.717) is 0 Å². The predicted molar refractivity (Wildman–Crippen MR) is 46.7 cm³/mol. The van der Waals surface area contributed by atoms with Crippen LogP contribution in [0.2, 0.25) is 0 Å². The standard InChI is InChI=1S/C9H18N2/c1-7-6-11-8(2)4-10(7)5-9(11)3/h7-9H,4-6H2,1-3H3. The van der Waals surface area contributed by atoms with Gasteiger partial charge < -0.3 is 0 Å². The van der Waals surface area contributed by atoms with Crippen LogP contribution >= 0.6 is 0 Å². The van der Waals surface area contributed by atoms with Crippen molar-refractivity contribution in [3.63, 3.8) is 0 Å². The second-order valence-electron chi connectivity index (χ2n) is 4.20. The molecule has 2 bridgehead atoms. The predicted octanol–water partition coefficient (Wildman–Crippen LogP) is 0.783. The maximum absolute atomic E-state index is 2.64. The minimum atomic E-state index is 0.787. The first-order valence-electron chi connectivity index (χ1n) is 4.68. The summed E-state index contributed by atoms with van der Waals surface area (Å²) in [6.07, 6.45) is 0. The SMILES string of the molecule is CC1CN2C(C)CN1CC2C. The van der Waals surface area contributed by atoms with E-state index in [1.54, 1.807) is 0 Å². The van der Waals surface area contributed by atoms with Gasteiger partial charge in [0.2, 0.25) is 0 Å². The van der Waals surface area contributed by atoms with E-state index in [4.69, 9.17) is 0 Å². The Labute approximate surface area is 69.2 Å². The Balaban J connectivity index is 2.13. The number of piperazine rings is 3. The first-order chi connectivity index (χ1) is 5.18. The first-order valence-corrected chi connectivity index (χ1v) is 4.68. The Hall–Kier alpha value is -0.0800. The first kappa shape index (κ1) is 7.56. The molecule has 11 heavy (non-hydrogen) atoms. The number of fused-ring (bicyclic) bond motifs is 3. The van der Waals surface area contributed by atoms with Gasteiger partial charge in [0, 0.05) is 37.8 Å². The number of nitrogens with zero attached hydrogens (tertiary/aromatic N) is 2. The molecule has 3 aliphatic rings. The average molecular weight is 154 g/mol. The average Bonchev–Trinajstić information content (AvgIpc) is 1.93. The Kier molecular flexibility index (Phi) is 1.69. The Bertz CT molecular complexity index is 146. The third kappa shape index (κ3) is 1.09. The number of rotatable bonds is 0. The fraction of sp³-hybridized carbons (Fsp3) is 1.00. The molecule has 0 aromatic rings. The number of hydrogen-bond donors (Lipinski definition) is 0. The summed E-state index contributed by atoms with van der Waals surface area (Å²) in [6.45, 7) is 10.9. The molecule has 3 atom stereocenters. The van der Waals surface area contributed by atoms with E-state index in [2.05, 4.69) is 30.6 Å². The van der Waals surface area contributed by atoms with Crippen LogP contribution in [0.1, 0.15) is 20.8 Å². The van der Waals surface area contributed by atoms with Gasteiger partial charge in [-0.3, -0.25) is 9.80 Å². The lowest BCUT2D eigenvalue weighted by Gasteiger charge is -2.53. The van der Waals surface area contributed by atoms with Crippen LogP contribution in [0.3, 0.4) is 0 Å². The van der Waals surface area contributed by atoms with Crippen LogP contribution < -0.4 is 0 Å². The van der Waals surface area contributed by atoms with Crippen molar-refractivity contribution in [3.8, 4) is 0 Å². The second-order valence-corrected chi connectivity index (χ2v) is 4.20. The summed E-state index contributed by atoms with van der Waals surface area (Å²) < 4.78 is 0. The molecule has 0 aromatic carbocycles. The zero-order chi connectivity index (χ0) is 8.01. The van der Waals surface area contributed by atoms with Gasteiger partial charge in [-0.15, -0.1) is 0 Å². The van der Waals surface area contributed by atoms with Gasteiger partial charge in [-0.1, -0.05) is 0 Å². The molecule has 2 heteroatoms. The molecule has 0 spiro atoms. The zero-order valence-corrected chi connectivity index (χ0v) is 7.75. The lowest BCUT2D eigenvalue weighted by Crippen LogP contribution is -2.67. The van der Waals surface area contributed by atoms with Crippen LogP contribution in [0.15, 0.2) is 0 Å². The molecule has 0 saturated carbocycles. The molecule has 3 unspecified atom stereocenters. The molecule has 0 aromatic heterocycles. The maximum Gasteiger partial charge on any atom is 0.0199 e. The van der Waals surface area contributed by atoms with Crippen molar-refractivity contribution in [2.75, 3.05) is 19.6 Å². The summed E-state index contributed by atoms with van der Waals surface area (Å²) in [5.74, 6) is 0.